The van der Waals surface area contributed by atoms with Gasteiger partial charge in [0.1, 0.15) is 6.17 Å². The van der Waals surface area contributed by atoms with Gasteiger partial charge in [0.25, 0.3) is 0 Å². The minimum Gasteiger partial charge on any atom is -0.478 e. The number of anilines is 1. The minimum atomic E-state index is -0.925. The molecule has 4 N–H and O–H groups in total. The first kappa shape index (κ1) is 16.0. The fraction of sp³-hybridized carbons (Fsp3) is 0.150. The molecule has 122 valence electrons. The second-order valence-corrected chi connectivity index (χ2v) is 5.98. The van der Waals surface area contributed by atoms with Crippen LogP contribution in [0.25, 0.3) is 10.8 Å². The Hall–Kier alpha value is -2.85. The van der Waals surface area contributed by atoms with Crippen molar-refractivity contribution in [2.75, 3.05) is 5.32 Å². The van der Waals surface area contributed by atoms with E-state index in [4.69, 9.17) is 10.8 Å². The lowest BCUT2D eigenvalue weighted by Crippen LogP contribution is -2.21. The number of nitrogens with one attached hydrogen (secondary N) is 1. The Balaban J connectivity index is 1.96. The number of hydrogen-bond acceptors (Lipinski definition) is 3. The van der Waals surface area contributed by atoms with Crippen molar-refractivity contribution in [2.24, 2.45) is 5.73 Å². The minimum absolute atomic E-state index is 0.298. The average molecular weight is 320 g/mol. The summed E-state index contributed by atoms with van der Waals surface area (Å²) >= 11 is 0. The molecule has 0 fully saturated rings. The van der Waals surface area contributed by atoms with Crippen molar-refractivity contribution in [3.63, 3.8) is 0 Å². The van der Waals surface area contributed by atoms with Gasteiger partial charge in [-0.1, -0.05) is 48.5 Å². The van der Waals surface area contributed by atoms with Crippen LogP contribution in [0.4, 0.5) is 5.69 Å². The van der Waals surface area contributed by atoms with Gasteiger partial charge in [-0.15, -0.1) is 0 Å². The van der Waals surface area contributed by atoms with E-state index >= 15 is 0 Å². The molecule has 0 aliphatic rings. The Morgan fingerprint density at radius 3 is 2.50 bits per heavy atom. The van der Waals surface area contributed by atoms with E-state index in [0.29, 0.717) is 11.1 Å². The zero-order chi connectivity index (χ0) is 17.3. The maximum atomic E-state index is 11.1. The molecule has 0 aliphatic carbocycles. The van der Waals surface area contributed by atoms with Gasteiger partial charge >= 0.3 is 5.97 Å². The SMILES string of the molecule is Cc1cc(C(N)Nc2c(C)ccc3ccccc23)ccc1C(=O)O. The van der Waals surface area contributed by atoms with Crippen LogP contribution in [0.15, 0.2) is 54.6 Å². The van der Waals surface area contributed by atoms with Gasteiger partial charge in [-0.05, 0) is 42.0 Å². The molecule has 3 aromatic carbocycles. The van der Waals surface area contributed by atoms with Gasteiger partial charge in [0.2, 0.25) is 0 Å². The molecule has 3 aromatic rings. The third-order valence-electron chi connectivity index (χ3n) is 4.28. The predicted molar refractivity (Wildman–Crippen MR) is 97.4 cm³/mol. The number of hydrogen-bond donors (Lipinski definition) is 3. The zero-order valence-corrected chi connectivity index (χ0v) is 13.7. The second-order valence-electron chi connectivity index (χ2n) is 5.98. The summed E-state index contributed by atoms with van der Waals surface area (Å²) in [7, 11) is 0. The summed E-state index contributed by atoms with van der Waals surface area (Å²) in [6, 6.07) is 17.5. The Bertz CT molecular complexity index is 919. The van der Waals surface area contributed by atoms with Crippen LogP contribution >= 0.6 is 0 Å². The summed E-state index contributed by atoms with van der Waals surface area (Å²) in [6.45, 7) is 3.82. The summed E-state index contributed by atoms with van der Waals surface area (Å²) in [5, 5.41) is 14.8. The van der Waals surface area contributed by atoms with Crippen LogP contribution in [0, 0.1) is 13.8 Å². The summed E-state index contributed by atoms with van der Waals surface area (Å²) in [6.07, 6.45) is -0.420. The Morgan fingerprint density at radius 2 is 1.79 bits per heavy atom. The lowest BCUT2D eigenvalue weighted by atomic mass is 10.0. The number of carboxylic acids is 1. The van der Waals surface area contributed by atoms with Crippen LogP contribution in [0.1, 0.15) is 33.2 Å². The van der Waals surface area contributed by atoms with Crippen molar-refractivity contribution < 1.29 is 9.90 Å². The molecule has 4 heteroatoms. The van der Waals surface area contributed by atoms with E-state index < -0.39 is 12.1 Å². The first-order valence-corrected chi connectivity index (χ1v) is 7.81. The van der Waals surface area contributed by atoms with Crippen molar-refractivity contribution in [3.8, 4) is 0 Å². The zero-order valence-electron chi connectivity index (χ0n) is 13.7. The molecule has 0 aromatic heterocycles. The largest absolute Gasteiger partial charge is 0.478 e. The molecule has 3 rings (SSSR count). The van der Waals surface area contributed by atoms with Gasteiger partial charge in [0.05, 0.1) is 5.56 Å². The highest BCUT2D eigenvalue weighted by Crippen LogP contribution is 2.29. The molecule has 24 heavy (non-hydrogen) atoms. The fourth-order valence-electron chi connectivity index (χ4n) is 2.93. The topological polar surface area (TPSA) is 75.3 Å². The highest BCUT2D eigenvalue weighted by Gasteiger charge is 2.13. The number of carboxylic acid groups (broad SMARTS) is 1. The number of aromatic carboxylic acids is 1. The van der Waals surface area contributed by atoms with E-state index in [1.165, 1.54) is 0 Å². The first-order valence-electron chi connectivity index (χ1n) is 7.81. The van der Waals surface area contributed by atoms with Crippen molar-refractivity contribution in [1.29, 1.82) is 0 Å². The number of rotatable bonds is 4. The second kappa shape index (κ2) is 6.34. The van der Waals surface area contributed by atoms with E-state index in [2.05, 4.69) is 29.6 Å². The van der Waals surface area contributed by atoms with Crippen LogP contribution in [-0.2, 0) is 0 Å². The normalized spacial score (nSPS) is 12.1. The molecule has 0 spiro atoms. The van der Waals surface area contributed by atoms with Crippen molar-refractivity contribution >= 4 is 22.4 Å². The first-order chi connectivity index (χ1) is 11.5. The summed E-state index contributed by atoms with van der Waals surface area (Å²) in [5.41, 5.74) is 10.3. The van der Waals surface area contributed by atoms with Gasteiger partial charge in [-0.25, -0.2) is 4.79 Å². The van der Waals surface area contributed by atoms with Crippen molar-refractivity contribution in [1.82, 2.24) is 0 Å². The molecule has 0 aliphatic heterocycles. The summed E-state index contributed by atoms with van der Waals surface area (Å²) < 4.78 is 0. The molecule has 0 saturated heterocycles. The quantitative estimate of drug-likeness (QED) is 0.629. The lowest BCUT2D eigenvalue weighted by molar-refractivity contribution is 0.0696. The fourth-order valence-corrected chi connectivity index (χ4v) is 2.93. The Morgan fingerprint density at radius 1 is 1.04 bits per heavy atom. The van der Waals surface area contributed by atoms with Gasteiger partial charge in [-0.2, -0.15) is 0 Å². The molecule has 0 radical (unpaired) electrons. The molecule has 4 nitrogen and oxygen atoms in total. The van der Waals surface area contributed by atoms with E-state index in [1.54, 1.807) is 19.1 Å². The smallest absolute Gasteiger partial charge is 0.335 e. The number of fused-ring (bicyclic) bond motifs is 1. The molecule has 1 unspecified atom stereocenters. The van der Waals surface area contributed by atoms with Gasteiger partial charge in [0.15, 0.2) is 0 Å². The van der Waals surface area contributed by atoms with Gasteiger partial charge in [-0.3, -0.25) is 0 Å². The van der Waals surface area contributed by atoms with Crippen LogP contribution in [0.2, 0.25) is 0 Å². The summed E-state index contributed by atoms with van der Waals surface area (Å²) in [5.74, 6) is -0.925. The van der Waals surface area contributed by atoms with Crippen LogP contribution < -0.4 is 11.1 Å². The van der Waals surface area contributed by atoms with Crippen LogP contribution in [0.3, 0.4) is 0 Å². The van der Waals surface area contributed by atoms with Crippen LogP contribution in [-0.4, -0.2) is 11.1 Å². The van der Waals surface area contributed by atoms with E-state index in [1.807, 2.05) is 25.1 Å². The highest BCUT2D eigenvalue weighted by molar-refractivity contribution is 5.95. The molecule has 0 saturated carbocycles. The molecule has 0 amide bonds. The van der Waals surface area contributed by atoms with Crippen molar-refractivity contribution in [3.05, 3.63) is 76.9 Å². The number of benzene rings is 3. The van der Waals surface area contributed by atoms with E-state index in [-0.39, 0.29) is 0 Å². The number of aryl methyl sites for hydroxylation is 2. The number of carbonyl (C=O) groups is 1. The maximum Gasteiger partial charge on any atom is 0.335 e. The molecule has 0 heterocycles. The predicted octanol–water partition coefficient (Wildman–Crippen LogP) is 4.22. The average Bonchev–Trinajstić information content (AvgIpc) is 2.57. The maximum absolute atomic E-state index is 11.1. The third kappa shape index (κ3) is 2.96. The Labute approximate surface area is 140 Å². The van der Waals surface area contributed by atoms with Crippen molar-refractivity contribution in [2.45, 2.75) is 20.0 Å². The third-order valence-corrected chi connectivity index (χ3v) is 4.28. The number of nitrogens with two attached hydrogens (primary N) is 1. The van der Waals surface area contributed by atoms with Crippen LogP contribution in [0.5, 0.6) is 0 Å². The van der Waals surface area contributed by atoms with E-state index in [9.17, 15) is 4.79 Å². The highest BCUT2D eigenvalue weighted by atomic mass is 16.4. The van der Waals surface area contributed by atoms with E-state index in [0.717, 1.165) is 27.6 Å². The molecule has 0 bridgehead atoms. The Kier molecular flexibility index (Phi) is 4.23. The molecular formula is C20H20N2O2. The monoisotopic (exact) mass is 320 g/mol. The standard InChI is InChI=1S/C20H20N2O2/c1-12-7-8-14-5-3-4-6-17(14)18(12)22-19(21)15-9-10-16(20(23)24)13(2)11-15/h3-11,19,22H,21H2,1-2H3,(H,23,24). The molecular weight excluding hydrogens is 300 g/mol. The van der Waals surface area contributed by atoms with Gasteiger partial charge in [0, 0.05) is 11.1 Å². The lowest BCUT2D eigenvalue weighted by Gasteiger charge is -2.20. The molecule has 1 atom stereocenters. The van der Waals surface area contributed by atoms with Gasteiger partial charge < -0.3 is 16.2 Å². The summed E-state index contributed by atoms with van der Waals surface area (Å²) in [4.78, 5) is 11.1.